The van der Waals surface area contributed by atoms with E-state index in [1.54, 1.807) is 0 Å². The topological polar surface area (TPSA) is 72.0 Å². The number of nitrogens with zero attached hydrogens (tertiary/aromatic N) is 2. The van der Waals surface area contributed by atoms with Gasteiger partial charge in [0.2, 0.25) is 10.0 Å². The number of sulfonamides is 1. The highest BCUT2D eigenvalue weighted by Crippen LogP contribution is 2.38. The lowest BCUT2D eigenvalue weighted by molar-refractivity contribution is 0.578. The van der Waals surface area contributed by atoms with Crippen molar-refractivity contribution >= 4 is 10.0 Å². The quantitative estimate of drug-likeness (QED) is 0.904. The maximum Gasteiger partial charge on any atom is 0.241 e. The average molecular weight is 345 g/mol. The number of aromatic nitrogens is 2. The number of hydrogen-bond donors (Lipinski definition) is 1. The molecule has 24 heavy (non-hydrogen) atoms. The van der Waals surface area contributed by atoms with Crippen LogP contribution in [-0.2, 0) is 16.6 Å². The van der Waals surface area contributed by atoms with E-state index in [0.717, 1.165) is 40.8 Å². The van der Waals surface area contributed by atoms with Crippen LogP contribution in [-0.4, -0.2) is 18.4 Å². The number of benzene rings is 1. The van der Waals surface area contributed by atoms with Crippen LogP contribution >= 0.6 is 0 Å². The zero-order chi connectivity index (χ0) is 17.5. The smallest absolute Gasteiger partial charge is 0.241 e. The average Bonchev–Trinajstić information content (AvgIpc) is 3.36. The number of aryl methyl sites for hydroxylation is 2. The predicted molar refractivity (Wildman–Crippen MR) is 93.4 cm³/mol. The van der Waals surface area contributed by atoms with E-state index < -0.39 is 10.0 Å². The summed E-state index contributed by atoms with van der Waals surface area (Å²) >= 11 is 0. The van der Waals surface area contributed by atoms with Crippen LogP contribution in [0.15, 0.2) is 23.4 Å². The van der Waals surface area contributed by atoms with E-state index in [4.69, 9.17) is 0 Å². The first-order valence-electron chi connectivity index (χ1n) is 8.17. The summed E-state index contributed by atoms with van der Waals surface area (Å²) in [6.45, 7) is 7.76. The summed E-state index contributed by atoms with van der Waals surface area (Å²) < 4.78 is 28.4. The highest BCUT2D eigenvalue weighted by atomic mass is 32.2. The van der Waals surface area contributed by atoms with Crippen LogP contribution in [0.3, 0.4) is 0 Å². The molecule has 1 aliphatic rings. The Morgan fingerprint density at radius 2 is 1.67 bits per heavy atom. The fraction of sp³-hybridized carbons (Fsp3) is 0.444. The Morgan fingerprint density at radius 1 is 1.04 bits per heavy atom. The van der Waals surface area contributed by atoms with Crippen LogP contribution < -0.4 is 4.72 Å². The summed E-state index contributed by atoms with van der Waals surface area (Å²) in [7, 11) is -3.59. The molecule has 0 spiro atoms. The van der Waals surface area contributed by atoms with Gasteiger partial charge >= 0.3 is 0 Å². The zero-order valence-electron chi connectivity index (χ0n) is 14.5. The van der Waals surface area contributed by atoms with Crippen molar-refractivity contribution in [2.24, 2.45) is 0 Å². The number of hydrogen-bond acceptors (Lipinski definition) is 4. The Kier molecular flexibility index (Phi) is 4.44. The van der Waals surface area contributed by atoms with Crippen molar-refractivity contribution in [2.45, 2.75) is 57.9 Å². The summed E-state index contributed by atoms with van der Waals surface area (Å²) in [5.41, 5.74) is 5.28. The van der Waals surface area contributed by atoms with E-state index in [1.807, 2.05) is 39.8 Å². The van der Waals surface area contributed by atoms with Crippen LogP contribution in [0.4, 0.5) is 0 Å². The Balaban J connectivity index is 1.86. The standard InChI is InChI=1S/C18H23N3O2S/c1-11-7-12(2)14(4)18(13(11)3)24(22,23)21-9-16-8-17(15-5-6-15)20-10-19-16/h7-8,10,15,21H,5-6,9H2,1-4H3. The maximum atomic E-state index is 12.8. The van der Waals surface area contributed by atoms with Crippen molar-refractivity contribution in [3.63, 3.8) is 0 Å². The minimum Gasteiger partial charge on any atom is -0.241 e. The molecule has 2 aromatic rings. The molecule has 0 unspecified atom stereocenters. The molecule has 1 aromatic heterocycles. The summed E-state index contributed by atoms with van der Waals surface area (Å²) in [6.07, 6.45) is 3.83. The van der Waals surface area contributed by atoms with Gasteiger partial charge < -0.3 is 0 Å². The molecule has 5 nitrogen and oxygen atoms in total. The van der Waals surface area contributed by atoms with E-state index in [9.17, 15) is 8.42 Å². The van der Waals surface area contributed by atoms with Gasteiger partial charge in [-0.3, -0.25) is 0 Å². The Hall–Kier alpha value is -1.79. The molecule has 1 fully saturated rings. The van der Waals surface area contributed by atoms with Gasteiger partial charge in [-0.15, -0.1) is 0 Å². The van der Waals surface area contributed by atoms with Gasteiger partial charge in [-0.25, -0.2) is 23.1 Å². The molecule has 6 heteroatoms. The summed E-state index contributed by atoms with van der Waals surface area (Å²) in [5.74, 6) is 0.521. The minimum atomic E-state index is -3.59. The molecule has 0 atom stereocenters. The lowest BCUT2D eigenvalue weighted by Gasteiger charge is -2.16. The second-order valence-corrected chi connectivity index (χ2v) is 8.33. The summed E-state index contributed by atoms with van der Waals surface area (Å²) in [6, 6.07) is 3.93. The molecule has 1 saturated carbocycles. The Labute approximate surface area is 143 Å². The minimum absolute atomic E-state index is 0.177. The summed E-state index contributed by atoms with van der Waals surface area (Å²) in [4.78, 5) is 8.84. The lowest BCUT2D eigenvalue weighted by atomic mass is 10.0. The molecular weight excluding hydrogens is 322 g/mol. The van der Waals surface area contributed by atoms with E-state index in [-0.39, 0.29) is 6.54 Å². The van der Waals surface area contributed by atoms with Gasteiger partial charge in [0, 0.05) is 11.6 Å². The molecule has 3 rings (SSSR count). The molecule has 0 saturated heterocycles. The Morgan fingerprint density at radius 3 is 2.25 bits per heavy atom. The monoisotopic (exact) mass is 345 g/mol. The maximum absolute atomic E-state index is 12.8. The van der Waals surface area contributed by atoms with Gasteiger partial charge in [0.15, 0.2) is 0 Å². The molecule has 128 valence electrons. The molecule has 1 N–H and O–H groups in total. The normalized spacial score (nSPS) is 14.8. The molecule has 1 heterocycles. The zero-order valence-corrected chi connectivity index (χ0v) is 15.4. The van der Waals surface area contributed by atoms with Crippen LogP contribution in [0.5, 0.6) is 0 Å². The Bertz CT molecular complexity index is 861. The van der Waals surface area contributed by atoms with E-state index in [0.29, 0.717) is 16.5 Å². The van der Waals surface area contributed by atoms with Gasteiger partial charge in [0.05, 0.1) is 17.1 Å². The predicted octanol–water partition coefficient (Wildman–Crippen LogP) is 3.07. The van der Waals surface area contributed by atoms with Crippen molar-refractivity contribution < 1.29 is 8.42 Å². The van der Waals surface area contributed by atoms with Gasteiger partial charge in [-0.05, 0) is 68.9 Å². The lowest BCUT2D eigenvalue weighted by Crippen LogP contribution is -2.26. The SMILES string of the molecule is Cc1cc(C)c(C)c(S(=O)(=O)NCc2cc(C3CC3)ncn2)c1C. The van der Waals surface area contributed by atoms with Gasteiger partial charge in [-0.2, -0.15) is 0 Å². The van der Waals surface area contributed by atoms with Crippen molar-refractivity contribution in [1.29, 1.82) is 0 Å². The highest BCUT2D eigenvalue weighted by molar-refractivity contribution is 7.89. The molecule has 0 amide bonds. The molecular formula is C18H23N3O2S. The third-order valence-corrected chi connectivity index (χ3v) is 6.42. The molecule has 0 aliphatic heterocycles. The first kappa shape index (κ1) is 17.0. The fourth-order valence-corrected chi connectivity index (χ4v) is 4.55. The molecule has 1 aliphatic carbocycles. The second-order valence-electron chi connectivity index (χ2n) is 6.62. The number of nitrogens with one attached hydrogen (secondary N) is 1. The van der Waals surface area contributed by atoms with Gasteiger partial charge in [0.25, 0.3) is 0 Å². The van der Waals surface area contributed by atoms with Crippen molar-refractivity contribution in [1.82, 2.24) is 14.7 Å². The van der Waals surface area contributed by atoms with E-state index >= 15 is 0 Å². The van der Waals surface area contributed by atoms with E-state index in [2.05, 4.69) is 14.7 Å². The molecule has 1 aromatic carbocycles. The highest BCUT2D eigenvalue weighted by Gasteiger charge is 2.26. The molecule has 0 radical (unpaired) electrons. The van der Waals surface area contributed by atoms with E-state index in [1.165, 1.54) is 6.33 Å². The molecule has 0 bridgehead atoms. The second kappa shape index (κ2) is 6.26. The first-order valence-corrected chi connectivity index (χ1v) is 9.66. The largest absolute Gasteiger partial charge is 0.241 e. The van der Waals surface area contributed by atoms with Crippen molar-refractivity contribution in [3.05, 3.63) is 52.1 Å². The van der Waals surface area contributed by atoms with Gasteiger partial charge in [0.1, 0.15) is 6.33 Å². The van der Waals surface area contributed by atoms with Crippen LogP contribution in [0, 0.1) is 27.7 Å². The van der Waals surface area contributed by atoms with Crippen molar-refractivity contribution in [3.8, 4) is 0 Å². The first-order chi connectivity index (χ1) is 11.3. The third-order valence-electron chi connectivity index (χ3n) is 4.75. The fourth-order valence-electron chi connectivity index (χ4n) is 2.94. The van der Waals surface area contributed by atoms with Crippen LogP contribution in [0.1, 0.15) is 52.4 Å². The van der Waals surface area contributed by atoms with Crippen LogP contribution in [0.2, 0.25) is 0 Å². The van der Waals surface area contributed by atoms with Crippen LogP contribution in [0.25, 0.3) is 0 Å². The number of rotatable bonds is 5. The van der Waals surface area contributed by atoms with Crippen molar-refractivity contribution in [2.75, 3.05) is 0 Å². The third kappa shape index (κ3) is 3.35. The van der Waals surface area contributed by atoms with Gasteiger partial charge in [-0.1, -0.05) is 6.07 Å². The summed E-state index contributed by atoms with van der Waals surface area (Å²) in [5, 5.41) is 0.